The first-order chi connectivity index (χ1) is 10.5. The molecule has 0 saturated carbocycles. The van der Waals surface area contributed by atoms with Crippen molar-refractivity contribution in [2.75, 3.05) is 18.4 Å². The third-order valence-electron chi connectivity index (χ3n) is 2.86. The molecular formula is C15H16ClNO4S. The number of nitrogens with one attached hydrogen (secondary N) is 1. The van der Waals surface area contributed by atoms with Crippen molar-refractivity contribution >= 4 is 27.3 Å². The van der Waals surface area contributed by atoms with Crippen LogP contribution >= 0.6 is 11.6 Å². The van der Waals surface area contributed by atoms with Gasteiger partial charge in [0.15, 0.2) is 0 Å². The molecule has 0 spiro atoms. The Bertz CT molecular complexity index is 762. The molecule has 0 heterocycles. The smallest absolute Gasteiger partial charge is 0.262 e. The normalized spacial score (nSPS) is 11.0. The molecular weight excluding hydrogens is 326 g/mol. The third kappa shape index (κ3) is 3.64. The number of hydrogen-bond acceptors (Lipinski definition) is 4. The molecule has 0 amide bonds. The molecule has 5 nitrogen and oxygen atoms in total. The maximum atomic E-state index is 12.5. The Labute approximate surface area is 134 Å². The second-order valence-corrected chi connectivity index (χ2v) is 6.42. The van der Waals surface area contributed by atoms with Gasteiger partial charge in [-0.05, 0) is 31.2 Å². The minimum absolute atomic E-state index is 0.0556. The van der Waals surface area contributed by atoms with E-state index in [9.17, 15) is 8.42 Å². The highest BCUT2D eigenvalue weighted by Crippen LogP contribution is 2.30. The van der Waals surface area contributed by atoms with E-state index in [2.05, 4.69) is 4.72 Å². The summed E-state index contributed by atoms with van der Waals surface area (Å²) in [6, 6.07) is 11.1. The molecule has 0 unspecified atom stereocenters. The van der Waals surface area contributed by atoms with Gasteiger partial charge < -0.3 is 9.47 Å². The van der Waals surface area contributed by atoms with Crippen molar-refractivity contribution in [3.05, 3.63) is 47.5 Å². The van der Waals surface area contributed by atoms with Crippen molar-refractivity contribution in [3.63, 3.8) is 0 Å². The number of benzene rings is 2. The van der Waals surface area contributed by atoms with Gasteiger partial charge in [-0.2, -0.15) is 0 Å². The van der Waals surface area contributed by atoms with Gasteiger partial charge in [0.1, 0.15) is 11.5 Å². The first kappa shape index (κ1) is 16.5. The van der Waals surface area contributed by atoms with Gasteiger partial charge in [-0.25, -0.2) is 8.42 Å². The van der Waals surface area contributed by atoms with E-state index in [-0.39, 0.29) is 4.90 Å². The molecule has 22 heavy (non-hydrogen) atoms. The van der Waals surface area contributed by atoms with Crippen molar-refractivity contribution in [2.24, 2.45) is 0 Å². The standard InChI is InChI=1S/C15H16ClNO4S/c1-3-21-14-7-5-4-6-13(14)17-22(18,19)11-8-9-12(16)15(10-11)20-2/h4-10,17H,3H2,1-2H3. The topological polar surface area (TPSA) is 64.6 Å². The molecule has 2 aromatic rings. The summed E-state index contributed by atoms with van der Waals surface area (Å²) in [5.41, 5.74) is 0.373. The monoisotopic (exact) mass is 341 g/mol. The van der Waals surface area contributed by atoms with E-state index in [0.717, 1.165) is 0 Å². The van der Waals surface area contributed by atoms with Gasteiger partial charge in [0.25, 0.3) is 10.0 Å². The van der Waals surface area contributed by atoms with Gasteiger partial charge >= 0.3 is 0 Å². The maximum absolute atomic E-state index is 12.5. The Morgan fingerprint density at radius 2 is 1.86 bits per heavy atom. The van der Waals surface area contributed by atoms with Gasteiger partial charge in [-0.15, -0.1) is 0 Å². The summed E-state index contributed by atoms with van der Waals surface area (Å²) < 4.78 is 37.9. The summed E-state index contributed by atoms with van der Waals surface area (Å²) in [4.78, 5) is 0.0556. The van der Waals surface area contributed by atoms with E-state index in [0.29, 0.717) is 28.8 Å². The molecule has 118 valence electrons. The minimum Gasteiger partial charge on any atom is -0.495 e. The van der Waals surface area contributed by atoms with Crippen molar-refractivity contribution in [2.45, 2.75) is 11.8 Å². The van der Waals surface area contributed by atoms with Crippen LogP contribution in [0.1, 0.15) is 6.92 Å². The Balaban J connectivity index is 2.36. The van der Waals surface area contributed by atoms with Crippen molar-refractivity contribution < 1.29 is 17.9 Å². The number of sulfonamides is 1. The van der Waals surface area contributed by atoms with E-state index < -0.39 is 10.0 Å². The molecule has 0 aliphatic heterocycles. The molecule has 0 saturated heterocycles. The predicted molar refractivity (Wildman–Crippen MR) is 86.4 cm³/mol. The molecule has 0 aliphatic carbocycles. The molecule has 0 bridgehead atoms. The minimum atomic E-state index is -3.77. The second-order valence-electron chi connectivity index (χ2n) is 4.33. The molecule has 0 atom stereocenters. The van der Waals surface area contributed by atoms with Crippen LogP contribution in [0.15, 0.2) is 47.4 Å². The first-order valence-electron chi connectivity index (χ1n) is 6.56. The molecule has 2 rings (SSSR count). The summed E-state index contributed by atoms with van der Waals surface area (Å²) >= 11 is 5.91. The lowest BCUT2D eigenvalue weighted by Crippen LogP contribution is -2.14. The van der Waals surface area contributed by atoms with E-state index in [1.807, 2.05) is 6.92 Å². The van der Waals surface area contributed by atoms with Crippen LogP contribution in [0.5, 0.6) is 11.5 Å². The largest absolute Gasteiger partial charge is 0.495 e. The molecule has 0 aromatic heterocycles. The van der Waals surface area contributed by atoms with Gasteiger partial charge in [0.2, 0.25) is 0 Å². The first-order valence-corrected chi connectivity index (χ1v) is 8.42. The van der Waals surface area contributed by atoms with Crippen LogP contribution in [0.25, 0.3) is 0 Å². The lowest BCUT2D eigenvalue weighted by molar-refractivity contribution is 0.342. The number of hydrogen-bond donors (Lipinski definition) is 1. The van der Waals surface area contributed by atoms with Gasteiger partial charge in [-0.3, -0.25) is 4.72 Å². The van der Waals surface area contributed by atoms with E-state index in [4.69, 9.17) is 21.1 Å². The van der Waals surface area contributed by atoms with E-state index in [1.54, 1.807) is 24.3 Å². The number of halogens is 1. The van der Waals surface area contributed by atoms with Crippen molar-refractivity contribution in [1.29, 1.82) is 0 Å². The fourth-order valence-corrected chi connectivity index (χ4v) is 3.12. The number of anilines is 1. The van der Waals surface area contributed by atoms with Crippen LogP contribution in [0, 0.1) is 0 Å². The quantitative estimate of drug-likeness (QED) is 0.872. The Hall–Kier alpha value is -1.92. The van der Waals surface area contributed by atoms with Gasteiger partial charge in [0, 0.05) is 6.07 Å². The lowest BCUT2D eigenvalue weighted by atomic mass is 10.3. The lowest BCUT2D eigenvalue weighted by Gasteiger charge is -2.13. The highest BCUT2D eigenvalue weighted by atomic mass is 35.5. The highest BCUT2D eigenvalue weighted by molar-refractivity contribution is 7.92. The summed E-state index contributed by atoms with van der Waals surface area (Å²) in [7, 11) is -2.35. The Morgan fingerprint density at radius 1 is 1.14 bits per heavy atom. The molecule has 0 aliphatic rings. The van der Waals surface area contributed by atoms with Crippen LogP contribution in [0.2, 0.25) is 5.02 Å². The highest BCUT2D eigenvalue weighted by Gasteiger charge is 2.18. The Morgan fingerprint density at radius 3 is 2.55 bits per heavy atom. The van der Waals surface area contributed by atoms with Crippen LogP contribution in [-0.4, -0.2) is 22.1 Å². The van der Waals surface area contributed by atoms with Crippen LogP contribution in [-0.2, 0) is 10.0 Å². The number of para-hydroxylation sites is 2. The maximum Gasteiger partial charge on any atom is 0.262 e. The molecule has 0 radical (unpaired) electrons. The summed E-state index contributed by atoms with van der Waals surface area (Å²) in [5, 5.41) is 0.344. The zero-order valence-electron chi connectivity index (χ0n) is 12.2. The van der Waals surface area contributed by atoms with Crippen LogP contribution < -0.4 is 14.2 Å². The summed E-state index contributed by atoms with van der Waals surface area (Å²) in [5.74, 6) is 0.761. The SMILES string of the molecule is CCOc1ccccc1NS(=O)(=O)c1ccc(Cl)c(OC)c1. The number of ether oxygens (including phenoxy) is 2. The second kappa shape index (κ2) is 6.89. The van der Waals surface area contributed by atoms with E-state index in [1.165, 1.54) is 25.3 Å². The zero-order valence-corrected chi connectivity index (χ0v) is 13.7. The predicted octanol–water partition coefficient (Wildman–Crippen LogP) is 3.55. The molecule has 0 fully saturated rings. The summed E-state index contributed by atoms with van der Waals surface area (Å²) in [6.45, 7) is 2.27. The molecule has 2 aromatic carbocycles. The number of rotatable bonds is 6. The zero-order chi connectivity index (χ0) is 16.2. The molecule has 7 heteroatoms. The fraction of sp³-hybridized carbons (Fsp3) is 0.200. The van der Waals surface area contributed by atoms with Crippen LogP contribution in [0.4, 0.5) is 5.69 Å². The molecule has 1 N–H and O–H groups in total. The summed E-state index contributed by atoms with van der Waals surface area (Å²) in [6.07, 6.45) is 0. The average molecular weight is 342 g/mol. The van der Waals surface area contributed by atoms with Crippen molar-refractivity contribution in [1.82, 2.24) is 0 Å². The van der Waals surface area contributed by atoms with Crippen molar-refractivity contribution in [3.8, 4) is 11.5 Å². The third-order valence-corrected chi connectivity index (χ3v) is 4.54. The average Bonchev–Trinajstić information content (AvgIpc) is 2.49. The van der Waals surface area contributed by atoms with E-state index >= 15 is 0 Å². The van der Waals surface area contributed by atoms with Gasteiger partial charge in [-0.1, -0.05) is 23.7 Å². The van der Waals surface area contributed by atoms with Gasteiger partial charge in [0.05, 0.1) is 29.3 Å². The number of methoxy groups -OCH3 is 1. The van der Waals surface area contributed by atoms with Crippen LogP contribution in [0.3, 0.4) is 0 Å². The Kier molecular flexibility index (Phi) is 5.15. The fourth-order valence-electron chi connectivity index (χ4n) is 1.84.